The largest absolute Gasteiger partial charge is 0.438 e. The van der Waals surface area contributed by atoms with Crippen molar-refractivity contribution in [3.05, 3.63) is 52.5 Å². The van der Waals surface area contributed by atoms with Crippen LogP contribution in [0.5, 0.6) is 0 Å². The topological polar surface area (TPSA) is 38.3 Å². The molecule has 3 nitrogen and oxygen atoms in total. The third-order valence-electron chi connectivity index (χ3n) is 4.90. The molecule has 2 aromatic rings. The zero-order chi connectivity index (χ0) is 19.0. The van der Waals surface area contributed by atoms with Crippen molar-refractivity contribution < 1.29 is 13.9 Å². The molecule has 0 aliphatic carbocycles. The van der Waals surface area contributed by atoms with Gasteiger partial charge in [0, 0.05) is 11.3 Å². The predicted molar refractivity (Wildman–Crippen MR) is 106 cm³/mol. The standard InChI is InChI=1S/C21H28FNO2S/c1-4-6-7-9-16(5-2)21(3,17-10-8-11-18(22)14-17)25-20(24)23-19-12-13-26-15-19/h8,10-16H,4-7,9H2,1-3H3,(H,23,24). The van der Waals surface area contributed by atoms with Crippen molar-refractivity contribution in [1.29, 1.82) is 0 Å². The third-order valence-corrected chi connectivity index (χ3v) is 5.58. The van der Waals surface area contributed by atoms with Gasteiger partial charge in [0.1, 0.15) is 11.4 Å². The van der Waals surface area contributed by atoms with E-state index >= 15 is 0 Å². The summed E-state index contributed by atoms with van der Waals surface area (Å²) >= 11 is 1.50. The Morgan fingerprint density at radius 3 is 2.73 bits per heavy atom. The van der Waals surface area contributed by atoms with E-state index in [1.54, 1.807) is 6.07 Å². The van der Waals surface area contributed by atoms with Crippen LogP contribution < -0.4 is 5.32 Å². The second-order valence-electron chi connectivity index (χ2n) is 6.74. The van der Waals surface area contributed by atoms with Crippen LogP contribution in [0.25, 0.3) is 0 Å². The second-order valence-corrected chi connectivity index (χ2v) is 7.52. The number of hydrogen-bond acceptors (Lipinski definition) is 3. The van der Waals surface area contributed by atoms with Crippen molar-refractivity contribution in [2.24, 2.45) is 5.92 Å². The Balaban J connectivity index is 2.25. The molecule has 2 atom stereocenters. The lowest BCUT2D eigenvalue weighted by Gasteiger charge is -2.37. The van der Waals surface area contributed by atoms with E-state index in [2.05, 4.69) is 19.2 Å². The fraction of sp³-hybridized carbons (Fsp3) is 0.476. The number of ether oxygens (including phenoxy) is 1. The lowest BCUT2D eigenvalue weighted by atomic mass is 9.78. The van der Waals surface area contributed by atoms with E-state index in [-0.39, 0.29) is 11.7 Å². The van der Waals surface area contributed by atoms with Crippen LogP contribution in [0, 0.1) is 11.7 Å². The van der Waals surface area contributed by atoms with Crippen LogP contribution in [0.15, 0.2) is 41.1 Å². The summed E-state index contributed by atoms with van der Waals surface area (Å²) in [6.45, 7) is 6.15. The molecule has 2 unspecified atom stereocenters. The van der Waals surface area contributed by atoms with Crippen LogP contribution in [-0.4, -0.2) is 6.09 Å². The van der Waals surface area contributed by atoms with Gasteiger partial charge in [-0.05, 0) is 48.9 Å². The highest BCUT2D eigenvalue weighted by Crippen LogP contribution is 2.39. The van der Waals surface area contributed by atoms with Gasteiger partial charge in [0.15, 0.2) is 0 Å². The van der Waals surface area contributed by atoms with Gasteiger partial charge in [-0.1, -0.05) is 45.2 Å². The van der Waals surface area contributed by atoms with Crippen molar-refractivity contribution >= 4 is 23.1 Å². The normalized spacial score (nSPS) is 14.5. The van der Waals surface area contributed by atoms with E-state index in [0.717, 1.165) is 32.1 Å². The van der Waals surface area contributed by atoms with E-state index in [0.29, 0.717) is 11.3 Å². The van der Waals surface area contributed by atoms with E-state index in [4.69, 9.17) is 4.74 Å². The molecular weight excluding hydrogens is 349 g/mol. The fourth-order valence-electron chi connectivity index (χ4n) is 3.36. The van der Waals surface area contributed by atoms with Crippen LogP contribution in [0.4, 0.5) is 14.9 Å². The number of nitrogens with one attached hydrogen (secondary N) is 1. The molecule has 1 aromatic heterocycles. The maximum Gasteiger partial charge on any atom is 0.412 e. The highest BCUT2D eigenvalue weighted by molar-refractivity contribution is 7.08. The minimum Gasteiger partial charge on any atom is -0.438 e. The molecule has 0 saturated carbocycles. The molecule has 1 heterocycles. The molecular formula is C21H28FNO2S. The molecule has 0 aliphatic heterocycles. The lowest BCUT2D eigenvalue weighted by Crippen LogP contribution is -2.38. The first-order chi connectivity index (χ1) is 12.5. The number of benzene rings is 1. The van der Waals surface area contributed by atoms with Gasteiger partial charge in [-0.2, -0.15) is 11.3 Å². The van der Waals surface area contributed by atoms with Crippen molar-refractivity contribution in [2.45, 2.75) is 58.5 Å². The fourth-order valence-corrected chi connectivity index (χ4v) is 3.94. The summed E-state index contributed by atoms with van der Waals surface area (Å²) in [4.78, 5) is 12.5. The number of halogens is 1. The SMILES string of the molecule is CCCCCC(CC)C(C)(OC(=O)Nc1ccsc1)c1cccc(F)c1. The lowest BCUT2D eigenvalue weighted by molar-refractivity contribution is -0.0241. The molecule has 1 N–H and O–H groups in total. The highest BCUT2D eigenvalue weighted by atomic mass is 32.1. The van der Waals surface area contributed by atoms with Gasteiger partial charge in [-0.15, -0.1) is 0 Å². The van der Waals surface area contributed by atoms with Gasteiger partial charge in [-0.3, -0.25) is 5.32 Å². The first kappa shape index (κ1) is 20.4. The number of hydrogen-bond donors (Lipinski definition) is 1. The number of anilines is 1. The molecule has 0 spiro atoms. The van der Waals surface area contributed by atoms with Crippen LogP contribution in [-0.2, 0) is 10.3 Å². The summed E-state index contributed by atoms with van der Waals surface area (Å²) in [5.41, 5.74) is 0.520. The van der Waals surface area contributed by atoms with Crippen molar-refractivity contribution in [2.75, 3.05) is 5.32 Å². The van der Waals surface area contributed by atoms with Crippen molar-refractivity contribution in [1.82, 2.24) is 0 Å². The van der Waals surface area contributed by atoms with Crippen LogP contribution in [0.1, 0.15) is 58.4 Å². The summed E-state index contributed by atoms with van der Waals surface area (Å²) in [5, 5.41) is 6.50. The monoisotopic (exact) mass is 377 g/mol. The molecule has 1 aromatic carbocycles. The van der Waals surface area contributed by atoms with E-state index < -0.39 is 11.7 Å². The van der Waals surface area contributed by atoms with Crippen LogP contribution in [0.3, 0.4) is 0 Å². The van der Waals surface area contributed by atoms with Gasteiger partial charge >= 0.3 is 6.09 Å². The minimum atomic E-state index is -0.884. The Morgan fingerprint density at radius 2 is 2.12 bits per heavy atom. The van der Waals surface area contributed by atoms with Gasteiger partial charge in [0.05, 0.1) is 5.69 Å². The Morgan fingerprint density at radius 1 is 1.31 bits per heavy atom. The average Bonchev–Trinajstić information content (AvgIpc) is 3.11. The Hall–Kier alpha value is -1.88. The molecule has 5 heteroatoms. The van der Waals surface area contributed by atoms with E-state index in [9.17, 15) is 9.18 Å². The average molecular weight is 378 g/mol. The third kappa shape index (κ3) is 5.31. The van der Waals surface area contributed by atoms with E-state index in [1.165, 1.54) is 23.5 Å². The molecule has 0 aliphatic rings. The Bertz CT molecular complexity index is 689. The molecule has 0 saturated heterocycles. The molecule has 142 valence electrons. The number of carbonyl (C=O) groups is 1. The first-order valence-electron chi connectivity index (χ1n) is 9.27. The Kier molecular flexibility index (Phi) is 7.64. The summed E-state index contributed by atoms with van der Waals surface area (Å²) in [6.07, 6.45) is 4.61. The maximum atomic E-state index is 13.9. The summed E-state index contributed by atoms with van der Waals surface area (Å²) < 4.78 is 19.8. The predicted octanol–water partition coefficient (Wildman–Crippen LogP) is 6.96. The van der Waals surface area contributed by atoms with E-state index in [1.807, 2.05) is 29.8 Å². The summed E-state index contributed by atoms with van der Waals surface area (Å²) in [5.74, 6) is -0.206. The first-order valence-corrected chi connectivity index (χ1v) is 10.2. The smallest absolute Gasteiger partial charge is 0.412 e. The van der Waals surface area contributed by atoms with Crippen LogP contribution in [0.2, 0.25) is 0 Å². The second kappa shape index (κ2) is 9.72. The molecule has 2 rings (SSSR count). The van der Waals surface area contributed by atoms with Gasteiger partial charge in [0.25, 0.3) is 0 Å². The molecule has 1 amide bonds. The maximum absolute atomic E-state index is 13.9. The van der Waals surface area contributed by atoms with Gasteiger partial charge < -0.3 is 4.74 Å². The molecule has 0 fully saturated rings. The molecule has 0 radical (unpaired) electrons. The minimum absolute atomic E-state index is 0.115. The number of amides is 1. The van der Waals surface area contributed by atoms with Crippen molar-refractivity contribution in [3.63, 3.8) is 0 Å². The molecule has 0 bridgehead atoms. The Labute approximate surface area is 159 Å². The zero-order valence-electron chi connectivity index (χ0n) is 15.8. The van der Waals surface area contributed by atoms with Gasteiger partial charge in [-0.25, -0.2) is 9.18 Å². The number of unbranched alkanes of at least 4 members (excludes halogenated alkanes) is 2. The molecule has 26 heavy (non-hydrogen) atoms. The summed E-state index contributed by atoms with van der Waals surface area (Å²) in [7, 11) is 0. The zero-order valence-corrected chi connectivity index (χ0v) is 16.6. The number of rotatable bonds is 9. The van der Waals surface area contributed by atoms with Gasteiger partial charge in [0.2, 0.25) is 0 Å². The van der Waals surface area contributed by atoms with Crippen LogP contribution >= 0.6 is 11.3 Å². The summed E-state index contributed by atoms with van der Waals surface area (Å²) in [6, 6.07) is 8.21. The highest BCUT2D eigenvalue weighted by Gasteiger charge is 2.39. The van der Waals surface area contributed by atoms with Crippen molar-refractivity contribution in [3.8, 4) is 0 Å². The quantitative estimate of drug-likeness (QED) is 0.480. The number of carbonyl (C=O) groups excluding carboxylic acids is 1. The number of thiophene rings is 1.